The summed E-state index contributed by atoms with van der Waals surface area (Å²) in [5.74, 6) is -0.182. The van der Waals surface area contributed by atoms with Gasteiger partial charge >= 0.3 is 0 Å². The number of phenols is 1. The van der Waals surface area contributed by atoms with E-state index in [-0.39, 0.29) is 11.5 Å². The molecule has 1 N–H and O–H groups in total. The standard InChI is InChI=1S/C13H16O4/c1-8(14)9-4-5-11-10(12(9)15)6-7-13(2,16-3)17-11/h4-5,15H,6-7H2,1-3H3. The van der Waals surface area contributed by atoms with Crippen molar-refractivity contribution in [3.05, 3.63) is 23.3 Å². The van der Waals surface area contributed by atoms with E-state index >= 15 is 0 Å². The van der Waals surface area contributed by atoms with Crippen molar-refractivity contribution in [2.24, 2.45) is 0 Å². The van der Waals surface area contributed by atoms with Gasteiger partial charge in [-0.15, -0.1) is 0 Å². The SMILES string of the molecule is COC1(C)CCc2c(ccc(C(C)=O)c2O)O1. The van der Waals surface area contributed by atoms with Crippen LogP contribution in [0.5, 0.6) is 11.5 Å². The molecule has 1 aliphatic heterocycles. The molecule has 0 aliphatic carbocycles. The van der Waals surface area contributed by atoms with Gasteiger partial charge in [-0.1, -0.05) is 0 Å². The van der Waals surface area contributed by atoms with Gasteiger partial charge in [-0.2, -0.15) is 0 Å². The molecule has 1 heterocycles. The molecule has 4 heteroatoms. The maximum Gasteiger partial charge on any atom is 0.207 e. The number of hydrogen-bond acceptors (Lipinski definition) is 4. The molecule has 1 aromatic carbocycles. The zero-order valence-electron chi connectivity index (χ0n) is 10.2. The first kappa shape index (κ1) is 11.9. The number of ketones is 1. The van der Waals surface area contributed by atoms with Crippen LogP contribution in [0.1, 0.15) is 36.2 Å². The first-order valence-corrected chi connectivity index (χ1v) is 5.57. The van der Waals surface area contributed by atoms with Crippen LogP contribution < -0.4 is 4.74 Å². The molecule has 0 bridgehead atoms. The number of methoxy groups -OCH3 is 1. The number of phenolic OH excluding ortho intramolecular Hbond substituents is 1. The Bertz CT molecular complexity index is 467. The average molecular weight is 236 g/mol. The Morgan fingerprint density at radius 3 is 2.82 bits per heavy atom. The number of ether oxygens (including phenoxy) is 2. The Morgan fingerprint density at radius 2 is 2.24 bits per heavy atom. The number of Topliss-reactive ketones (excluding diaryl/α,β-unsaturated/α-hetero) is 1. The molecule has 1 aromatic rings. The summed E-state index contributed by atoms with van der Waals surface area (Å²) in [5.41, 5.74) is 1.03. The Hall–Kier alpha value is -1.55. The molecule has 1 atom stereocenters. The van der Waals surface area contributed by atoms with E-state index in [1.54, 1.807) is 19.2 Å². The first-order chi connectivity index (χ1) is 7.97. The average Bonchev–Trinajstić information content (AvgIpc) is 2.28. The van der Waals surface area contributed by atoms with Gasteiger partial charge in [0.2, 0.25) is 5.79 Å². The highest BCUT2D eigenvalue weighted by Crippen LogP contribution is 2.40. The minimum atomic E-state index is -0.656. The maximum atomic E-state index is 11.3. The Morgan fingerprint density at radius 1 is 1.53 bits per heavy atom. The van der Waals surface area contributed by atoms with Crippen molar-refractivity contribution < 1.29 is 19.4 Å². The maximum absolute atomic E-state index is 11.3. The monoisotopic (exact) mass is 236 g/mol. The fourth-order valence-electron chi connectivity index (χ4n) is 2.02. The van der Waals surface area contributed by atoms with Gasteiger partial charge in [0.25, 0.3) is 0 Å². The molecule has 1 aliphatic rings. The summed E-state index contributed by atoms with van der Waals surface area (Å²) in [6.07, 6.45) is 1.28. The lowest BCUT2D eigenvalue weighted by molar-refractivity contribution is -0.160. The minimum absolute atomic E-state index is 0.0353. The van der Waals surface area contributed by atoms with Gasteiger partial charge < -0.3 is 14.6 Å². The second-order valence-corrected chi connectivity index (χ2v) is 4.43. The summed E-state index contributed by atoms with van der Waals surface area (Å²) in [6.45, 7) is 3.29. The predicted octanol–water partition coefficient (Wildman–Crippen LogP) is 2.28. The third kappa shape index (κ3) is 2.00. The van der Waals surface area contributed by atoms with Crippen LogP contribution in [0.2, 0.25) is 0 Å². The second-order valence-electron chi connectivity index (χ2n) is 4.43. The fourth-order valence-corrected chi connectivity index (χ4v) is 2.02. The van der Waals surface area contributed by atoms with Crippen LogP contribution in [-0.4, -0.2) is 23.8 Å². The number of rotatable bonds is 2. The molecule has 0 saturated carbocycles. The molecule has 0 saturated heterocycles. The highest BCUT2D eigenvalue weighted by Gasteiger charge is 2.33. The Kier molecular flexibility index (Phi) is 2.83. The van der Waals surface area contributed by atoms with E-state index in [0.29, 0.717) is 29.7 Å². The summed E-state index contributed by atoms with van der Waals surface area (Å²) in [5, 5.41) is 10.0. The van der Waals surface area contributed by atoms with Crippen molar-refractivity contribution in [2.75, 3.05) is 7.11 Å². The third-order valence-corrected chi connectivity index (χ3v) is 3.21. The van der Waals surface area contributed by atoms with Gasteiger partial charge in [0.15, 0.2) is 5.78 Å². The number of carbonyl (C=O) groups excluding carboxylic acids is 1. The van der Waals surface area contributed by atoms with Crippen LogP contribution in [0, 0.1) is 0 Å². The summed E-state index contributed by atoms with van der Waals surface area (Å²) < 4.78 is 11.0. The van der Waals surface area contributed by atoms with Gasteiger partial charge in [0.1, 0.15) is 11.5 Å². The fraction of sp³-hybridized carbons (Fsp3) is 0.462. The minimum Gasteiger partial charge on any atom is -0.507 e. The van der Waals surface area contributed by atoms with E-state index in [1.807, 2.05) is 6.92 Å². The van der Waals surface area contributed by atoms with Crippen LogP contribution in [0.4, 0.5) is 0 Å². The molecule has 17 heavy (non-hydrogen) atoms. The number of fused-ring (bicyclic) bond motifs is 1. The van der Waals surface area contributed by atoms with Gasteiger partial charge in [-0.3, -0.25) is 4.79 Å². The molecule has 2 rings (SSSR count). The summed E-state index contributed by atoms with van der Waals surface area (Å²) in [7, 11) is 1.59. The number of carbonyl (C=O) groups is 1. The van der Waals surface area contributed by atoms with E-state index in [4.69, 9.17) is 9.47 Å². The van der Waals surface area contributed by atoms with Gasteiger partial charge in [-0.25, -0.2) is 0 Å². The first-order valence-electron chi connectivity index (χ1n) is 5.57. The van der Waals surface area contributed by atoms with Crippen LogP contribution in [-0.2, 0) is 11.2 Å². The summed E-state index contributed by atoms with van der Waals surface area (Å²) in [6, 6.07) is 3.29. The van der Waals surface area contributed by atoms with E-state index in [1.165, 1.54) is 6.92 Å². The molecule has 1 unspecified atom stereocenters. The molecular weight excluding hydrogens is 220 g/mol. The van der Waals surface area contributed by atoms with Crippen LogP contribution in [0.3, 0.4) is 0 Å². The van der Waals surface area contributed by atoms with Crippen molar-refractivity contribution in [3.8, 4) is 11.5 Å². The van der Waals surface area contributed by atoms with Crippen molar-refractivity contribution >= 4 is 5.78 Å². The molecule has 0 aromatic heterocycles. The van der Waals surface area contributed by atoms with E-state index in [2.05, 4.69) is 0 Å². The van der Waals surface area contributed by atoms with Gasteiger partial charge in [0, 0.05) is 26.0 Å². The van der Waals surface area contributed by atoms with Crippen molar-refractivity contribution in [1.29, 1.82) is 0 Å². The van der Waals surface area contributed by atoms with Crippen molar-refractivity contribution in [3.63, 3.8) is 0 Å². The second kappa shape index (κ2) is 4.04. The number of hydrogen-bond donors (Lipinski definition) is 1. The third-order valence-electron chi connectivity index (χ3n) is 3.21. The van der Waals surface area contributed by atoms with Gasteiger partial charge in [0.05, 0.1) is 5.56 Å². The largest absolute Gasteiger partial charge is 0.507 e. The number of aromatic hydroxyl groups is 1. The zero-order chi connectivity index (χ0) is 12.6. The number of benzene rings is 1. The van der Waals surface area contributed by atoms with Crippen molar-refractivity contribution in [1.82, 2.24) is 0 Å². The lowest BCUT2D eigenvalue weighted by Gasteiger charge is -2.34. The highest BCUT2D eigenvalue weighted by atomic mass is 16.7. The topological polar surface area (TPSA) is 55.8 Å². The molecule has 0 amide bonds. The van der Waals surface area contributed by atoms with E-state index < -0.39 is 5.79 Å². The Balaban J connectivity index is 2.44. The molecule has 0 spiro atoms. The summed E-state index contributed by atoms with van der Waals surface area (Å²) >= 11 is 0. The Labute approximate surface area is 100 Å². The lowest BCUT2D eigenvalue weighted by atomic mass is 9.96. The van der Waals surface area contributed by atoms with Gasteiger partial charge in [-0.05, 0) is 25.5 Å². The lowest BCUT2D eigenvalue weighted by Crippen LogP contribution is -2.38. The smallest absolute Gasteiger partial charge is 0.207 e. The van der Waals surface area contributed by atoms with E-state index in [0.717, 1.165) is 0 Å². The molecule has 0 radical (unpaired) electrons. The summed E-state index contributed by atoms with van der Waals surface area (Å²) in [4.78, 5) is 11.3. The molecule has 0 fully saturated rings. The van der Waals surface area contributed by atoms with Crippen LogP contribution >= 0.6 is 0 Å². The predicted molar refractivity (Wildman–Crippen MR) is 62.5 cm³/mol. The quantitative estimate of drug-likeness (QED) is 0.800. The van der Waals surface area contributed by atoms with Crippen LogP contribution in [0.15, 0.2) is 12.1 Å². The van der Waals surface area contributed by atoms with E-state index in [9.17, 15) is 9.90 Å². The molecule has 4 nitrogen and oxygen atoms in total. The molecular formula is C13H16O4. The highest BCUT2D eigenvalue weighted by molar-refractivity contribution is 5.97. The van der Waals surface area contributed by atoms with Crippen LogP contribution in [0.25, 0.3) is 0 Å². The van der Waals surface area contributed by atoms with Crippen molar-refractivity contribution in [2.45, 2.75) is 32.5 Å². The zero-order valence-corrected chi connectivity index (χ0v) is 10.2. The normalized spacial score (nSPS) is 22.8. The molecule has 92 valence electrons.